The summed E-state index contributed by atoms with van der Waals surface area (Å²) in [6, 6.07) is 15.3. The van der Waals surface area contributed by atoms with Crippen LogP contribution in [-0.2, 0) is 6.42 Å². The first-order chi connectivity index (χ1) is 13.2. The first kappa shape index (κ1) is 18.3. The average Bonchev–Trinajstić information content (AvgIpc) is 2.70. The maximum absolute atomic E-state index is 13.7. The number of ether oxygens (including phenoxy) is 1. The van der Waals surface area contributed by atoms with Crippen LogP contribution in [0, 0.1) is 5.82 Å². The molecule has 0 aliphatic rings. The maximum Gasteiger partial charge on any atom is 0.270 e. The summed E-state index contributed by atoms with van der Waals surface area (Å²) in [4.78, 5) is 20.5. The lowest BCUT2D eigenvalue weighted by molar-refractivity contribution is 0.0949. The third-order valence-electron chi connectivity index (χ3n) is 3.88. The van der Waals surface area contributed by atoms with E-state index in [0.29, 0.717) is 13.0 Å². The van der Waals surface area contributed by atoms with Gasteiger partial charge in [0.1, 0.15) is 17.3 Å². The lowest BCUT2D eigenvalue weighted by Gasteiger charge is -2.10. The van der Waals surface area contributed by atoms with Crippen molar-refractivity contribution in [1.29, 1.82) is 0 Å². The van der Waals surface area contributed by atoms with Crippen LogP contribution in [0.1, 0.15) is 16.1 Å². The molecular formula is C20H19FN4O2. The Hall–Kier alpha value is -3.48. The molecule has 0 saturated carbocycles. The molecule has 7 heteroatoms. The van der Waals surface area contributed by atoms with Crippen molar-refractivity contribution < 1.29 is 13.9 Å². The molecule has 0 spiro atoms. The van der Waals surface area contributed by atoms with Gasteiger partial charge in [0.15, 0.2) is 0 Å². The molecule has 0 saturated heterocycles. The molecule has 1 aromatic heterocycles. The molecule has 27 heavy (non-hydrogen) atoms. The van der Waals surface area contributed by atoms with Gasteiger partial charge in [-0.1, -0.05) is 30.3 Å². The second-order valence-corrected chi connectivity index (χ2v) is 5.69. The number of nitrogens with one attached hydrogen (secondary N) is 2. The Morgan fingerprint density at radius 3 is 2.70 bits per heavy atom. The summed E-state index contributed by atoms with van der Waals surface area (Å²) in [5.74, 6) is 0.180. The van der Waals surface area contributed by atoms with Crippen LogP contribution in [0.4, 0.5) is 16.0 Å². The molecule has 1 heterocycles. The first-order valence-electron chi connectivity index (χ1n) is 8.42. The van der Waals surface area contributed by atoms with Crippen molar-refractivity contribution in [2.75, 3.05) is 19.0 Å². The van der Waals surface area contributed by atoms with Gasteiger partial charge >= 0.3 is 0 Å². The van der Waals surface area contributed by atoms with Gasteiger partial charge in [-0.25, -0.2) is 14.4 Å². The van der Waals surface area contributed by atoms with E-state index in [9.17, 15) is 9.18 Å². The number of halogens is 1. The standard InChI is InChI=1S/C20H19FN4O2/c1-27-18-9-5-2-6-14(18)10-12-22-19(26)17-11-13-23-20(25-17)24-16-8-4-3-7-15(16)21/h2-9,11,13H,10,12H2,1H3,(H,22,26)(H,23,24,25). The normalized spacial score (nSPS) is 10.3. The number of aromatic nitrogens is 2. The quantitative estimate of drug-likeness (QED) is 0.671. The van der Waals surface area contributed by atoms with Crippen LogP contribution >= 0.6 is 0 Å². The van der Waals surface area contributed by atoms with Crippen LogP contribution in [0.2, 0.25) is 0 Å². The number of nitrogens with zero attached hydrogens (tertiary/aromatic N) is 2. The molecule has 2 N–H and O–H groups in total. The van der Waals surface area contributed by atoms with Gasteiger partial charge in [0.05, 0.1) is 12.8 Å². The third-order valence-corrected chi connectivity index (χ3v) is 3.88. The molecular weight excluding hydrogens is 347 g/mol. The lowest BCUT2D eigenvalue weighted by atomic mass is 10.1. The van der Waals surface area contributed by atoms with Crippen LogP contribution in [0.25, 0.3) is 0 Å². The monoisotopic (exact) mass is 366 g/mol. The number of rotatable bonds is 7. The average molecular weight is 366 g/mol. The predicted octanol–water partition coefficient (Wildman–Crippen LogP) is 3.34. The minimum absolute atomic E-state index is 0.150. The summed E-state index contributed by atoms with van der Waals surface area (Å²) in [5.41, 5.74) is 1.44. The smallest absolute Gasteiger partial charge is 0.270 e. The molecule has 0 aliphatic carbocycles. The zero-order valence-electron chi connectivity index (χ0n) is 14.8. The Labute approximate surface area is 156 Å². The molecule has 138 valence electrons. The molecule has 1 amide bonds. The molecule has 6 nitrogen and oxygen atoms in total. The summed E-state index contributed by atoms with van der Waals surface area (Å²) in [6.07, 6.45) is 2.08. The molecule has 2 aromatic carbocycles. The predicted molar refractivity (Wildman–Crippen MR) is 101 cm³/mol. The van der Waals surface area contributed by atoms with E-state index in [4.69, 9.17) is 4.74 Å². The van der Waals surface area contributed by atoms with E-state index in [-0.39, 0.29) is 23.2 Å². The highest BCUT2D eigenvalue weighted by Gasteiger charge is 2.10. The molecule has 0 aliphatic heterocycles. The topological polar surface area (TPSA) is 76.1 Å². The second-order valence-electron chi connectivity index (χ2n) is 5.69. The van der Waals surface area contributed by atoms with E-state index in [0.717, 1.165) is 11.3 Å². The van der Waals surface area contributed by atoms with Crippen LogP contribution in [0.15, 0.2) is 60.8 Å². The highest BCUT2D eigenvalue weighted by molar-refractivity contribution is 5.92. The van der Waals surface area contributed by atoms with Gasteiger partial charge in [-0.3, -0.25) is 4.79 Å². The summed E-state index contributed by atoms with van der Waals surface area (Å²) in [6.45, 7) is 0.430. The minimum atomic E-state index is -0.423. The molecule has 0 unspecified atom stereocenters. The van der Waals surface area contributed by atoms with Crippen LogP contribution in [0.5, 0.6) is 5.75 Å². The highest BCUT2D eigenvalue weighted by Crippen LogP contribution is 2.18. The van der Waals surface area contributed by atoms with E-state index in [1.807, 2.05) is 24.3 Å². The minimum Gasteiger partial charge on any atom is -0.496 e. The second kappa shape index (κ2) is 8.75. The fraction of sp³-hybridized carbons (Fsp3) is 0.150. The fourth-order valence-electron chi connectivity index (χ4n) is 2.54. The fourth-order valence-corrected chi connectivity index (χ4v) is 2.54. The highest BCUT2D eigenvalue weighted by atomic mass is 19.1. The van der Waals surface area contributed by atoms with Crippen molar-refractivity contribution in [2.24, 2.45) is 0 Å². The van der Waals surface area contributed by atoms with Crippen molar-refractivity contribution in [3.63, 3.8) is 0 Å². The van der Waals surface area contributed by atoms with Crippen LogP contribution in [-0.4, -0.2) is 29.5 Å². The SMILES string of the molecule is COc1ccccc1CCNC(=O)c1ccnc(Nc2ccccc2F)n1. The zero-order valence-corrected chi connectivity index (χ0v) is 14.8. The third kappa shape index (κ3) is 4.78. The number of amides is 1. The van der Waals surface area contributed by atoms with Gasteiger partial charge in [0.25, 0.3) is 5.91 Å². The Morgan fingerprint density at radius 1 is 1.11 bits per heavy atom. The summed E-state index contributed by atoms with van der Waals surface area (Å²) in [7, 11) is 1.61. The van der Waals surface area contributed by atoms with Gasteiger partial charge in [0.2, 0.25) is 5.95 Å². The van der Waals surface area contributed by atoms with E-state index >= 15 is 0 Å². The number of para-hydroxylation sites is 2. The Morgan fingerprint density at radius 2 is 1.89 bits per heavy atom. The van der Waals surface area contributed by atoms with Crippen molar-refractivity contribution in [1.82, 2.24) is 15.3 Å². The van der Waals surface area contributed by atoms with Gasteiger partial charge in [-0.15, -0.1) is 0 Å². The van der Waals surface area contributed by atoms with Gasteiger partial charge in [-0.2, -0.15) is 0 Å². The van der Waals surface area contributed by atoms with Gasteiger partial charge in [-0.05, 0) is 36.2 Å². The van der Waals surface area contributed by atoms with Crippen LogP contribution in [0.3, 0.4) is 0 Å². The summed E-state index contributed by atoms with van der Waals surface area (Å²) < 4.78 is 19.0. The number of carbonyl (C=O) groups is 1. The molecule has 0 bridgehead atoms. The number of anilines is 2. The molecule has 0 fully saturated rings. The Bertz CT molecular complexity index is 933. The Kier molecular flexibility index (Phi) is 5.94. The van der Waals surface area contributed by atoms with Crippen molar-refractivity contribution in [2.45, 2.75) is 6.42 Å². The zero-order chi connectivity index (χ0) is 19.1. The Balaban J connectivity index is 1.61. The van der Waals surface area contributed by atoms with Crippen molar-refractivity contribution in [3.05, 3.63) is 77.9 Å². The largest absolute Gasteiger partial charge is 0.496 e. The van der Waals surface area contributed by atoms with E-state index in [1.165, 1.54) is 18.3 Å². The van der Waals surface area contributed by atoms with Gasteiger partial charge < -0.3 is 15.4 Å². The number of carbonyl (C=O) groups excluding carboxylic acids is 1. The summed E-state index contributed by atoms with van der Waals surface area (Å²) >= 11 is 0. The number of hydrogen-bond donors (Lipinski definition) is 2. The number of methoxy groups -OCH3 is 1. The molecule has 0 radical (unpaired) electrons. The number of hydrogen-bond acceptors (Lipinski definition) is 5. The van der Waals surface area contributed by atoms with E-state index in [2.05, 4.69) is 20.6 Å². The molecule has 0 atom stereocenters. The van der Waals surface area contributed by atoms with E-state index in [1.54, 1.807) is 25.3 Å². The van der Waals surface area contributed by atoms with Crippen molar-refractivity contribution in [3.8, 4) is 5.75 Å². The number of benzene rings is 2. The van der Waals surface area contributed by atoms with Gasteiger partial charge in [0, 0.05) is 12.7 Å². The van der Waals surface area contributed by atoms with Crippen molar-refractivity contribution >= 4 is 17.5 Å². The molecule has 3 rings (SSSR count). The summed E-state index contributed by atoms with van der Waals surface area (Å²) in [5, 5.41) is 5.59. The van der Waals surface area contributed by atoms with E-state index < -0.39 is 5.82 Å². The first-order valence-corrected chi connectivity index (χ1v) is 8.42. The lowest BCUT2D eigenvalue weighted by Crippen LogP contribution is -2.27. The molecule has 3 aromatic rings. The van der Waals surface area contributed by atoms with Crippen LogP contribution < -0.4 is 15.4 Å². The maximum atomic E-state index is 13.7.